The Hall–Kier alpha value is -2.53. The number of aliphatic imine (C=N–C) groups is 1. The van der Waals surface area contributed by atoms with E-state index in [1.165, 1.54) is 18.7 Å². The molecule has 0 aromatic heterocycles. The second-order valence-electron chi connectivity index (χ2n) is 6.11. The third kappa shape index (κ3) is 3.68. The Morgan fingerprint density at radius 1 is 1.46 bits per heavy atom. The number of amides is 3. The van der Waals surface area contributed by atoms with Gasteiger partial charge in [-0.05, 0) is 19.1 Å². The number of amidine groups is 1. The molecule has 140 valence electrons. The van der Waals surface area contributed by atoms with E-state index in [9.17, 15) is 14.4 Å². The first-order chi connectivity index (χ1) is 12.2. The van der Waals surface area contributed by atoms with E-state index in [4.69, 9.17) is 11.6 Å². The summed E-state index contributed by atoms with van der Waals surface area (Å²) in [5.41, 5.74) is 4.30. The first-order valence-corrected chi connectivity index (χ1v) is 9.01. The van der Waals surface area contributed by atoms with Gasteiger partial charge < -0.3 is 16.9 Å². The predicted molar refractivity (Wildman–Crippen MR) is 97.5 cm³/mol. The van der Waals surface area contributed by atoms with Gasteiger partial charge >= 0.3 is 0 Å². The third-order valence-electron chi connectivity index (χ3n) is 4.43. The van der Waals surface area contributed by atoms with Crippen LogP contribution in [0.2, 0.25) is 0 Å². The molecule has 1 aliphatic heterocycles. The fourth-order valence-electron chi connectivity index (χ4n) is 2.65. The molecule has 0 radical (unpaired) electrons. The number of thioether (sulfide) groups is 1. The van der Waals surface area contributed by atoms with E-state index in [1.54, 1.807) is 24.5 Å². The average Bonchev–Trinajstić information content (AvgIpc) is 2.60. The Bertz CT molecular complexity index is 746. The van der Waals surface area contributed by atoms with Gasteiger partial charge in [0.25, 0.3) is 5.91 Å². The molecule has 4 atom stereocenters. The number of hydrogen-bond donors (Lipinski definition) is 4. The van der Waals surface area contributed by atoms with Crippen molar-refractivity contribution in [3.8, 4) is 0 Å². The molecule has 0 saturated carbocycles. The van der Waals surface area contributed by atoms with Gasteiger partial charge in [0.15, 0.2) is 10.6 Å². The number of hydrogen-bond acceptors (Lipinski definition) is 7. The van der Waals surface area contributed by atoms with E-state index in [0.717, 1.165) is 0 Å². The fraction of sp³-hybridized carbons (Fsp3) is 0.467. The van der Waals surface area contributed by atoms with Gasteiger partial charge in [-0.3, -0.25) is 19.7 Å². The van der Waals surface area contributed by atoms with Gasteiger partial charge in [-0.15, -0.1) is 0 Å². The van der Waals surface area contributed by atoms with Crippen LogP contribution in [-0.4, -0.2) is 41.4 Å². The zero-order chi connectivity index (χ0) is 19.5. The summed E-state index contributed by atoms with van der Waals surface area (Å²) in [4.78, 5) is 40.5. The summed E-state index contributed by atoms with van der Waals surface area (Å²) in [6.07, 6.45) is 5.95. The van der Waals surface area contributed by atoms with Crippen LogP contribution in [-0.2, 0) is 14.4 Å². The van der Waals surface area contributed by atoms with Crippen molar-refractivity contribution >= 4 is 34.7 Å². The summed E-state index contributed by atoms with van der Waals surface area (Å²) in [6.45, 7) is 3.32. The summed E-state index contributed by atoms with van der Waals surface area (Å²) in [5, 5.41) is 12.4. The van der Waals surface area contributed by atoms with Gasteiger partial charge in [0, 0.05) is 11.6 Å². The Morgan fingerprint density at radius 2 is 2.15 bits per heavy atom. The number of rotatable bonds is 4. The van der Waals surface area contributed by atoms with Crippen LogP contribution in [0.3, 0.4) is 0 Å². The van der Waals surface area contributed by atoms with Crippen molar-refractivity contribution in [2.45, 2.75) is 26.1 Å². The van der Waals surface area contributed by atoms with E-state index >= 15 is 0 Å². The number of carbonyl (C=O) groups is 3. The lowest BCUT2D eigenvalue weighted by atomic mass is 9.82. The molecule has 0 saturated heterocycles. The molecule has 0 bridgehead atoms. The Balaban J connectivity index is 2.26. The van der Waals surface area contributed by atoms with E-state index in [-0.39, 0.29) is 12.0 Å². The van der Waals surface area contributed by atoms with Gasteiger partial charge in [0.1, 0.15) is 6.17 Å². The minimum Gasteiger partial charge on any atom is -0.369 e. The molecule has 1 aliphatic carbocycles. The number of nitrogens with zero attached hydrogens (tertiary/aromatic N) is 3. The summed E-state index contributed by atoms with van der Waals surface area (Å²) in [7, 11) is 0. The van der Waals surface area contributed by atoms with Gasteiger partial charge in [-0.2, -0.15) is 0 Å². The maximum Gasteiger partial charge on any atom is 0.296 e. The van der Waals surface area contributed by atoms with Crippen molar-refractivity contribution in [1.29, 1.82) is 0 Å². The van der Waals surface area contributed by atoms with Crippen molar-refractivity contribution in [3.05, 3.63) is 23.8 Å². The first kappa shape index (κ1) is 19.8. The van der Waals surface area contributed by atoms with E-state index in [1.807, 2.05) is 6.92 Å². The molecular formula is C15H21N7O3S. The molecule has 3 amide bonds. The minimum absolute atomic E-state index is 0.137. The zero-order valence-corrected chi connectivity index (χ0v) is 15.4. The highest BCUT2D eigenvalue weighted by Crippen LogP contribution is 2.29. The maximum absolute atomic E-state index is 12.4. The van der Waals surface area contributed by atoms with Crippen LogP contribution in [0, 0.1) is 11.3 Å². The molecule has 2 rings (SSSR count). The molecule has 0 aromatic carbocycles. The van der Waals surface area contributed by atoms with Crippen LogP contribution >= 0.6 is 11.8 Å². The van der Waals surface area contributed by atoms with Crippen molar-refractivity contribution in [3.63, 3.8) is 0 Å². The molecule has 6 N–H and O–H groups in total. The highest BCUT2D eigenvalue weighted by Gasteiger charge is 2.50. The second-order valence-corrected chi connectivity index (χ2v) is 6.91. The van der Waals surface area contributed by atoms with Crippen LogP contribution in [0.15, 0.2) is 39.1 Å². The van der Waals surface area contributed by atoms with Gasteiger partial charge in [0.2, 0.25) is 11.8 Å². The molecule has 0 aromatic rings. The zero-order valence-electron chi connectivity index (χ0n) is 14.6. The summed E-state index contributed by atoms with van der Waals surface area (Å²) >= 11 is 1.25. The van der Waals surface area contributed by atoms with E-state index in [0.29, 0.717) is 10.7 Å². The molecule has 2 aliphatic rings. The van der Waals surface area contributed by atoms with Crippen LogP contribution in [0.5, 0.6) is 0 Å². The smallest absolute Gasteiger partial charge is 0.296 e. The normalized spacial score (nSPS) is 31.3. The van der Waals surface area contributed by atoms with Gasteiger partial charge in [-0.25, -0.2) is 4.99 Å². The lowest BCUT2D eigenvalue weighted by molar-refractivity contribution is -0.142. The average molecular weight is 379 g/mol. The lowest BCUT2D eigenvalue weighted by Gasteiger charge is -2.38. The summed E-state index contributed by atoms with van der Waals surface area (Å²) < 4.78 is 0. The number of nitrogens with one attached hydrogen (secondary N) is 2. The highest BCUT2D eigenvalue weighted by atomic mass is 32.2. The largest absolute Gasteiger partial charge is 0.369 e. The SMILES string of the molecule is CSC1=NC(NC2C=CC(C(=O)N=NN)=CC2C)C(C)(C(N)=O)C(=O)N1. The Kier molecular flexibility index (Phi) is 5.93. The number of nitrogens with two attached hydrogens (primary N) is 2. The minimum atomic E-state index is -1.54. The van der Waals surface area contributed by atoms with Crippen LogP contribution in [0.4, 0.5) is 0 Å². The molecule has 1 heterocycles. The molecule has 26 heavy (non-hydrogen) atoms. The highest BCUT2D eigenvalue weighted by molar-refractivity contribution is 8.13. The van der Waals surface area contributed by atoms with E-state index in [2.05, 4.69) is 26.0 Å². The number of carbonyl (C=O) groups excluding carboxylic acids is 3. The van der Waals surface area contributed by atoms with Crippen LogP contribution in [0.1, 0.15) is 13.8 Å². The molecule has 0 fully saturated rings. The quantitative estimate of drug-likeness (QED) is 0.224. The first-order valence-electron chi connectivity index (χ1n) is 7.78. The maximum atomic E-state index is 12.4. The molecular weight excluding hydrogens is 358 g/mol. The predicted octanol–water partition coefficient (Wildman–Crippen LogP) is -0.404. The fourth-order valence-corrected chi connectivity index (χ4v) is 3.06. The van der Waals surface area contributed by atoms with Crippen LogP contribution in [0.25, 0.3) is 0 Å². The molecule has 0 spiro atoms. The Labute approximate surface area is 154 Å². The van der Waals surface area contributed by atoms with Gasteiger partial charge in [0.05, 0.1) is 0 Å². The van der Waals surface area contributed by atoms with Crippen molar-refractivity contribution in [2.75, 3.05) is 6.26 Å². The summed E-state index contributed by atoms with van der Waals surface area (Å²) in [5.74, 6) is 2.92. The van der Waals surface area contributed by atoms with Gasteiger partial charge in [-0.1, -0.05) is 47.3 Å². The molecule has 11 heteroatoms. The monoisotopic (exact) mass is 379 g/mol. The number of primary amides is 1. The van der Waals surface area contributed by atoms with Crippen LogP contribution < -0.4 is 22.2 Å². The molecule has 4 unspecified atom stereocenters. The summed E-state index contributed by atoms with van der Waals surface area (Å²) in [6, 6.07) is -0.275. The van der Waals surface area contributed by atoms with E-state index < -0.39 is 29.3 Å². The second kappa shape index (κ2) is 7.79. The lowest BCUT2D eigenvalue weighted by Crippen LogP contribution is -2.64. The van der Waals surface area contributed by atoms with Crippen molar-refractivity contribution < 1.29 is 14.4 Å². The Morgan fingerprint density at radius 3 is 2.69 bits per heavy atom. The van der Waals surface area contributed by atoms with Crippen molar-refractivity contribution in [2.24, 2.45) is 38.2 Å². The van der Waals surface area contributed by atoms with Crippen molar-refractivity contribution in [1.82, 2.24) is 10.6 Å². The third-order valence-corrected chi connectivity index (χ3v) is 5.02. The molecule has 10 nitrogen and oxygen atoms in total. The topological polar surface area (TPSA) is 164 Å². The standard InChI is InChI=1S/C15H21N7O3S/c1-7-6-8(10(23)21-22-17)4-5-9(7)18-12-15(2,11(16)24)13(25)20-14(19-12)26-3/h4-7,9,12,18H,1-3H3,(H2,16,24)(H2,17,21,23)(H,19,20,25).